The molecule has 6 heteroatoms. The van der Waals surface area contributed by atoms with Crippen molar-refractivity contribution >= 4 is 21.6 Å². The summed E-state index contributed by atoms with van der Waals surface area (Å²) < 4.78 is 26.5. The predicted octanol–water partition coefficient (Wildman–Crippen LogP) is 1.88. The Morgan fingerprint density at radius 2 is 1.76 bits per heavy atom. The molecular weight excluding hydrogens is 290 g/mol. The summed E-state index contributed by atoms with van der Waals surface area (Å²) in [7, 11) is -3.60. The van der Waals surface area contributed by atoms with Crippen LogP contribution in [-0.2, 0) is 14.8 Å². The molecule has 0 bridgehead atoms. The monoisotopic (exact) mass is 309 g/mol. The van der Waals surface area contributed by atoms with Crippen molar-refractivity contribution in [2.24, 2.45) is 5.92 Å². The Morgan fingerprint density at radius 1 is 1.14 bits per heavy atom. The van der Waals surface area contributed by atoms with Gasteiger partial charge < -0.3 is 0 Å². The van der Waals surface area contributed by atoms with Crippen LogP contribution in [0.3, 0.4) is 0 Å². The average molecular weight is 309 g/mol. The Balaban J connectivity index is 2.21. The molecule has 0 aromatic heterocycles. The molecule has 114 valence electrons. The fourth-order valence-electron chi connectivity index (χ4n) is 2.53. The fraction of sp³-hybridized carbons (Fsp3) is 0.467. The highest BCUT2D eigenvalue weighted by Crippen LogP contribution is 2.24. The number of piperidine rings is 1. The van der Waals surface area contributed by atoms with Crippen LogP contribution < -0.4 is 0 Å². The van der Waals surface area contributed by atoms with Crippen LogP contribution in [0.25, 0.3) is 0 Å². The van der Waals surface area contributed by atoms with Gasteiger partial charge in [0.1, 0.15) is 5.78 Å². The van der Waals surface area contributed by atoms with Gasteiger partial charge in [0.05, 0.1) is 4.90 Å². The second-order valence-electron chi connectivity index (χ2n) is 5.37. The predicted molar refractivity (Wildman–Crippen MR) is 78.6 cm³/mol. The van der Waals surface area contributed by atoms with E-state index >= 15 is 0 Å². The van der Waals surface area contributed by atoms with E-state index in [0.717, 1.165) is 0 Å². The first-order chi connectivity index (χ1) is 9.82. The van der Waals surface area contributed by atoms with Gasteiger partial charge in [-0.05, 0) is 38.8 Å². The number of sulfonamides is 1. The highest BCUT2D eigenvalue weighted by molar-refractivity contribution is 7.89. The molecule has 1 aliphatic heterocycles. The molecule has 0 N–H and O–H groups in total. The number of hydrogen-bond donors (Lipinski definition) is 0. The minimum absolute atomic E-state index is 0.0417. The van der Waals surface area contributed by atoms with E-state index in [0.29, 0.717) is 31.5 Å². The van der Waals surface area contributed by atoms with Crippen molar-refractivity contribution in [2.45, 2.75) is 31.6 Å². The zero-order valence-corrected chi connectivity index (χ0v) is 13.0. The standard InChI is InChI=1S/C15H19NO4S/c1-11(17)13-6-8-16(9-7-13)21(19,20)15-5-3-4-14(10-15)12(2)18/h3-5,10,13H,6-9H2,1-2H3. The molecule has 1 heterocycles. The van der Waals surface area contributed by atoms with Gasteiger partial charge in [-0.2, -0.15) is 4.31 Å². The topological polar surface area (TPSA) is 71.5 Å². The smallest absolute Gasteiger partial charge is 0.243 e. The minimum atomic E-state index is -3.60. The van der Waals surface area contributed by atoms with Gasteiger partial charge >= 0.3 is 0 Å². The van der Waals surface area contributed by atoms with Crippen LogP contribution in [0, 0.1) is 5.92 Å². The van der Waals surface area contributed by atoms with Gasteiger partial charge in [0, 0.05) is 24.6 Å². The molecule has 0 unspecified atom stereocenters. The molecule has 0 aliphatic carbocycles. The average Bonchev–Trinajstić information content (AvgIpc) is 2.47. The number of ketones is 2. The molecular formula is C15H19NO4S. The Bertz CT molecular complexity index is 658. The second-order valence-corrected chi connectivity index (χ2v) is 7.31. The summed E-state index contributed by atoms with van der Waals surface area (Å²) >= 11 is 0. The summed E-state index contributed by atoms with van der Waals surface area (Å²) in [6.45, 7) is 3.64. The van der Waals surface area contributed by atoms with Crippen LogP contribution in [0.2, 0.25) is 0 Å². The van der Waals surface area contributed by atoms with E-state index in [1.54, 1.807) is 19.1 Å². The van der Waals surface area contributed by atoms with E-state index in [4.69, 9.17) is 0 Å². The van der Waals surface area contributed by atoms with Crippen molar-refractivity contribution in [1.29, 1.82) is 0 Å². The van der Waals surface area contributed by atoms with Gasteiger partial charge in [-0.1, -0.05) is 12.1 Å². The highest BCUT2D eigenvalue weighted by Gasteiger charge is 2.30. The molecule has 21 heavy (non-hydrogen) atoms. The van der Waals surface area contributed by atoms with E-state index in [-0.39, 0.29) is 22.4 Å². The maximum absolute atomic E-state index is 12.6. The van der Waals surface area contributed by atoms with Crippen LogP contribution in [0.15, 0.2) is 29.2 Å². The van der Waals surface area contributed by atoms with Crippen LogP contribution in [0.1, 0.15) is 37.0 Å². The molecule has 0 atom stereocenters. The molecule has 1 aliphatic rings. The molecule has 0 amide bonds. The summed E-state index contributed by atoms with van der Waals surface area (Å²) in [5.74, 6) is -0.0898. The summed E-state index contributed by atoms with van der Waals surface area (Å²) in [4.78, 5) is 22.8. The zero-order chi connectivity index (χ0) is 15.6. The number of benzene rings is 1. The third-order valence-electron chi connectivity index (χ3n) is 3.91. The lowest BCUT2D eigenvalue weighted by Gasteiger charge is -2.30. The molecule has 0 radical (unpaired) electrons. The molecule has 5 nitrogen and oxygen atoms in total. The number of nitrogens with zero attached hydrogens (tertiary/aromatic N) is 1. The van der Waals surface area contributed by atoms with Crippen molar-refractivity contribution < 1.29 is 18.0 Å². The van der Waals surface area contributed by atoms with Crippen molar-refractivity contribution in [3.05, 3.63) is 29.8 Å². The molecule has 1 fully saturated rings. The quantitative estimate of drug-likeness (QED) is 0.796. The second kappa shape index (κ2) is 6.07. The van der Waals surface area contributed by atoms with Gasteiger partial charge in [-0.15, -0.1) is 0 Å². The van der Waals surface area contributed by atoms with Gasteiger partial charge in [0.25, 0.3) is 0 Å². The minimum Gasteiger partial charge on any atom is -0.300 e. The van der Waals surface area contributed by atoms with Gasteiger partial charge in [-0.3, -0.25) is 9.59 Å². The maximum Gasteiger partial charge on any atom is 0.243 e. The lowest BCUT2D eigenvalue weighted by Crippen LogP contribution is -2.39. The summed E-state index contributed by atoms with van der Waals surface area (Å²) in [6, 6.07) is 6.09. The van der Waals surface area contributed by atoms with Gasteiger partial charge in [0.2, 0.25) is 10.0 Å². The lowest BCUT2D eigenvalue weighted by molar-refractivity contribution is -0.121. The molecule has 1 aromatic carbocycles. The van der Waals surface area contributed by atoms with Crippen molar-refractivity contribution in [1.82, 2.24) is 4.31 Å². The molecule has 2 rings (SSSR count). The third-order valence-corrected chi connectivity index (χ3v) is 5.80. The van der Waals surface area contributed by atoms with E-state index in [1.165, 1.54) is 23.4 Å². The lowest BCUT2D eigenvalue weighted by atomic mass is 9.95. The van der Waals surface area contributed by atoms with E-state index in [2.05, 4.69) is 0 Å². The number of rotatable bonds is 4. The van der Waals surface area contributed by atoms with Crippen LogP contribution >= 0.6 is 0 Å². The Morgan fingerprint density at radius 3 is 2.29 bits per heavy atom. The summed E-state index contributed by atoms with van der Waals surface area (Å²) in [6.07, 6.45) is 1.11. The highest BCUT2D eigenvalue weighted by atomic mass is 32.2. The molecule has 0 saturated carbocycles. The normalized spacial score (nSPS) is 17.6. The van der Waals surface area contributed by atoms with E-state index in [9.17, 15) is 18.0 Å². The first-order valence-corrected chi connectivity index (χ1v) is 8.38. The SMILES string of the molecule is CC(=O)c1cccc(S(=O)(=O)N2CCC(C(C)=O)CC2)c1. The first-order valence-electron chi connectivity index (χ1n) is 6.94. The van der Waals surface area contributed by atoms with E-state index < -0.39 is 10.0 Å². The largest absolute Gasteiger partial charge is 0.300 e. The number of Topliss-reactive ketones (excluding diaryl/α,β-unsaturated/α-hetero) is 2. The van der Waals surface area contributed by atoms with Crippen LogP contribution in [-0.4, -0.2) is 37.4 Å². The molecule has 1 saturated heterocycles. The van der Waals surface area contributed by atoms with Crippen molar-refractivity contribution in [3.63, 3.8) is 0 Å². The third kappa shape index (κ3) is 3.39. The summed E-state index contributed by atoms with van der Waals surface area (Å²) in [5, 5.41) is 0. The first kappa shape index (κ1) is 15.9. The van der Waals surface area contributed by atoms with Crippen LogP contribution in [0.5, 0.6) is 0 Å². The maximum atomic E-state index is 12.6. The Labute approximate surface area is 125 Å². The van der Waals surface area contributed by atoms with Gasteiger partial charge in [-0.25, -0.2) is 8.42 Å². The Kier molecular flexibility index (Phi) is 4.58. The zero-order valence-electron chi connectivity index (χ0n) is 12.2. The summed E-state index contributed by atoms with van der Waals surface area (Å²) in [5.41, 5.74) is 0.384. The van der Waals surface area contributed by atoms with E-state index in [1.807, 2.05) is 0 Å². The Hall–Kier alpha value is -1.53. The molecule has 1 aromatic rings. The number of carbonyl (C=O) groups excluding carboxylic acids is 2. The number of carbonyl (C=O) groups is 2. The van der Waals surface area contributed by atoms with Crippen LogP contribution in [0.4, 0.5) is 0 Å². The fourth-order valence-corrected chi connectivity index (χ4v) is 4.04. The molecule has 0 spiro atoms. The number of hydrogen-bond acceptors (Lipinski definition) is 4. The van der Waals surface area contributed by atoms with Gasteiger partial charge in [0.15, 0.2) is 5.78 Å². The van der Waals surface area contributed by atoms with Crippen molar-refractivity contribution in [3.8, 4) is 0 Å². The van der Waals surface area contributed by atoms with Crippen molar-refractivity contribution in [2.75, 3.05) is 13.1 Å².